The van der Waals surface area contributed by atoms with Crippen LogP contribution in [0.3, 0.4) is 0 Å². The molecule has 0 aromatic heterocycles. The summed E-state index contributed by atoms with van der Waals surface area (Å²) in [6.07, 6.45) is 0. The second kappa shape index (κ2) is 6.99. The molecule has 2 aromatic carbocycles. The predicted molar refractivity (Wildman–Crippen MR) is 80.4 cm³/mol. The number of benzene rings is 2. The van der Waals surface area contributed by atoms with Crippen molar-refractivity contribution in [2.24, 2.45) is 0 Å². The summed E-state index contributed by atoms with van der Waals surface area (Å²) in [5.41, 5.74) is 6.08. The Morgan fingerprint density at radius 1 is 1.24 bits per heavy atom. The van der Waals surface area contributed by atoms with Gasteiger partial charge in [0.05, 0.1) is 12.2 Å². The van der Waals surface area contributed by atoms with Crippen molar-refractivity contribution in [2.45, 2.75) is 4.90 Å². The summed E-state index contributed by atoms with van der Waals surface area (Å²) >= 11 is 1.33. The molecule has 2 rings (SSSR count). The largest absolute Gasteiger partial charge is 0.493 e. The highest BCUT2D eigenvalue weighted by molar-refractivity contribution is 7.99. The van der Waals surface area contributed by atoms with Gasteiger partial charge in [-0.15, -0.1) is 11.8 Å². The lowest BCUT2D eigenvalue weighted by molar-refractivity contribution is 0.0697. The molecule has 0 spiro atoms. The Labute approximate surface area is 125 Å². The minimum absolute atomic E-state index is 0.209. The average Bonchev–Trinajstić information content (AvgIpc) is 2.46. The number of nitrogens with two attached hydrogens (primary N) is 1. The maximum Gasteiger partial charge on any atom is 0.335 e. The van der Waals surface area contributed by atoms with Crippen molar-refractivity contribution in [3.8, 4) is 5.75 Å². The third kappa shape index (κ3) is 4.39. The van der Waals surface area contributed by atoms with Crippen LogP contribution in [0.25, 0.3) is 0 Å². The SMILES string of the molecule is Nc1ccc(SCCOc2ccc(C(=O)O)cc2)c(F)c1. The van der Waals surface area contributed by atoms with Crippen molar-refractivity contribution in [2.75, 3.05) is 18.1 Å². The summed E-state index contributed by atoms with van der Waals surface area (Å²) in [6.45, 7) is 0.390. The third-order valence-corrected chi connectivity index (χ3v) is 3.68. The third-order valence-electron chi connectivity index (χ3n) is 2.67. The first kappa shape index (κ1) is 15.2. The van der Waals surface area contributed by atoms with E-state index in [1.165, 1.54) is 30.0 Å². The Morgan fingerprint density at radius 2 is 1.95 bits per heavy atom. The molecule has 0 saturated heterocycles. The molecule has 0 atom stereocenters. The molecule has 21 heavy (non-hydrogen) atoms. The number of aromatic carboxylic acids is 1. The lowest BCUT2D eigenvalue weighted by Gasteiger charge is -2.07. The summed E-state index contributed by atoms with van der Waals surface area (Å²) in [4.78, 5) is 11.2. The minimum atomic E-state index is -0.976. The zero-order chi connectivity index (χ0) is 15.2. The fourth-order valence-electron chi connectivity index (χ4n) is 1.64. The predicted octanol–water partition coefficient (Wildman–Crippen LogP) is 3.28. The van der Waals surface area contributed by atoms with E-state index in [4.69, 9.17) is 15.6 Å². The molecule has 0 amide bonds. The number of anilines is 1. The van der Waals surface area contributed by atoms with Crippen LogP contribution >= 0.6 is 11.8 Å². The number of hydrogen-bond donors (Lipinski definition) is 2. The van der Waals surface area contributed by atoms with Gasteiger partial charge >= 0.3 is 5.97 Å². The van der Waals surface area contributed by atoms with E-state index in [0.717, 1.165) is 0 Å². The van der Waals surface area contributed by atoms with Crippen LogP contribution in [0, 0.1) is 5.82 Å². The molecule has 0 heterocycles. The molecule has 3 N–H and O–H groups in total. The van der Waals surface area contributed by atoms with Gasteiger partial charge in [0.15, 0.2) is 0 Å². The van der Waals surface area contributed by atoms with Crippen LogP contribution in [0.1, 0.15) is 10.4 Å². The van der Waals surface area contributed by atoms with Gasteiger partial charge in [-0.05, 0) is 42.5 Å². The normalized spacial score (nSPS) is 10.3. The zero-order valence-electron chi connectivity index (χ0n) is 11.1. The van der Waals surface area contributed by atoms with Gasteiger partial charge in [-0.1, -0.05) is 0 Å². The molecule has 0 aliphatic heterocycles. The van der Waals surface area contributed by atoms with Crippen molar-refractivity contribution in [3.63, 3.8) is 0 Å². The molecular formula is C15H14FNO3S. The van der Waals surface area contributed by atoms with Crippen LogP contribution in [0.15, 0.2) is 47.4 Å². The van der Waals surface area contributed by atoms with Crippen molar-refractivity contribution in [1.29, 1.82) is 0 Å². The van der Waals surface area contributed by atoms with Gasteiger partial charge in [0.25, 0.3) is 0 Å². The zero-order valence-corrected chi connectivity index (χ0v) is 11.9. The maximum atomic E-state index is 13.5. The quantitative estimate of drug-likeness (QED) is 0.487. The van der Waals surface area contributed by atoms with Gasteiger partial charge in [-0.25, -0.2) is 9.18 Å². The number of carboxylic acid groups (broad SMARTS) is 1. The van der Waals surface area contributed by atoms with Crippen LogP contribution in [0.2, 0.25) is 0 Å². The van der Waals surface area contributed by atoms with Crippen LogP contribution in [0.5, 0.6) is 5.75 Å². The number of thioether (sulfide) groups is 1. The van der Waals surface area contributed by atoms with Gasteiger partial charge in [0, 0.05) is 16.3 Å². The van der Waals surface area contributed by atoms with Crippen LogP contribution in [0.4, 0.5) is 10.1 Å². The minimum Gasteiger partial charge on any atom is -0.493 e. The molecular weight excluding hydrogens is 293 g/mol. The van der Waals surface area contributed by atoms with E-state index in [2.05, 4.69) is 0 Å². The van der Waals surface area contributed by atoms with E-state index in [9.17, 15) is 9.18 Å². The van der Waals surface area contributed by atoms with Gasteiger partial charge in [-0.3, -0.25) is 0 Å². The Hall–Kier alpha value is -2.21. The summed E-state index contributed by atoms with van der Waals surface area (Å²) in [5, 5.41) is 8.77. The number of carbonyl (C=O) groups is 1. The van der Waals surface area contributed by atoms with E-state index >= 15 is 0 Å². The summed E-state index contributed by atoms with van der Waals surface area (Å²) in [6, 6.07) is 10.7. The number of nitrogen functional groups attached to an aromatic ring is 1. The second-order valence-corrected chi connectivity index (χ2v) is 5.35. The molecule has 0 radical (unpaired) electrons. The number of ether oxygens (including phenoxy) is 1. The number of halogens is 1. The van der Waals surface area contributed by atoms with E-state index in [1.54, 1.807) is 24.3 Å². The van der Waals surface area contributed by atoms with Crippen molar-refractivity contribution >= 4 is 23.4 Å². The molecule has 2 aromatic rings. The number of rotatable bonds is 6. The van der Waals surface area contributed by atoms with Gasteiger partial charge in [0.1, 0.15) is 11.6 Å². The van der Waals surface area contributed by atoms with E-state index in [1.807, 2.05) is 0 Å². The highest BCUT2D eigenvalue weighted by Gasteiger charge is 2.04. The van der Waals surface area contributed by atoms with Crippen molar-refractivity contribution in [3.05, 3.63) is 53.8 Å². The highest BCUT2D eigenvalue weighted by Crippen LogP contribution is 2.23. The van der Waals surface area contributed by atoms with Crippen LogP contribution in [-0.4, -0.2) is 23.4 Å². The average molecular weight is 307 g/mol. The van der Waals surface area contributed by atoms with Crippen molar-refractivity contribution in [1.82, 2.24) is 0 Å². The molecule has 0 bridgehead atoms. The molecule has 4 nitrogen and oxygen atoms in total. The Morgan fingerprint density at radius 3 is 2.57 bits per heavy atom. The van der Waals surface area contributed by atoms with Gasteiger partial charge in [-0.2, -0.15) is 0 Å². The molecule has 110 valence electrons. The smallest absolute Gasteiger partial charge is 0.335 e. The maximum absolute atomic E-state index is 13.5. The first-order valence-electron chi connectivity index (χ1n) is 6.20. The molecule has 0 unspecified atom stereocenters. The lowest BCUT2D eigenvalue weighted by atomic mass is 10.2. The molecule has 6 heteroatoms. The first-order valence-corrected chi connectivity index (χ1v) is 7.19. The lowest BCUT2D eigenvalue weighted by Crippen LogP contribution is -2.01. The Bertz CT molecular complexity index is 631. The van der Waals surface area contributed by atoms with Gasteiger partial charge in [0.2, 0.25) is 0 Å². The molecule has 0 aliphatic rings. The summed E-state index contributed by atoms with van der Waals surface area (Å²) < 4.78 is 19.0. The van der Waals surface area contributed by atoms with E-state index < -0.39 is 5.97 Å². The van der Waals surface area contributed by atoms with Crippen LogP contribution in [-0.2, 0) is 0 Å². The van der Waals surface area contributed by atoms with Gasteiger partial charge < -0.3 is 15.6 Å². The first-order chi connectivity index (χ1) is 10.1. The van der Waals surface area contributed by atoms with Crippen LogP contribution < -0.4 is 10.5 Å². The Balaban J connectivity index is 1.80. The second-order valence-electron chi connectivity index (χ2n) is 4.22. The number of hydrogen-bond acceptors (Lipinski definition) is 4. The number of carboxylic acids is 1. The Kier molecular flexibility index (Phi) is 5.05. The summed E-state index contributed by atoms with van der Waals surface area (Å²) in [7, 11) is 0. The van der Waals surface area contributed by atoms with Crippen molar-refractivity contribution < 1.29 is 19.0 Å². The molecule has 0 saturated carbocycles. The summed E-state index contributed by atoms with van der Waals surface area (Å²) in [5.74, 6) is -0.165. The fourth-order valence-corrected chi connectivity index (χ4v) is 2.39. The van der Waals surface area contributed by atoms with E-state index in [0.29, 0.717) is 28.7 Å². The standard InChI is InChI=1S/C15H14FNO3S/c16-13-9-11(17)3-6-14(13)21-8-7-20-12-4-1-10(2-5-12)15(18)19/h1-6,9H,7-8,17H2,(H,18,19). The highest BCUT2D eigenvalue weighted by atomic mass is 32.2. The monoisotopic (exact) mass is 307 g/mol. The molecule has 0 fully saturated rings. The molecule has 0 aliphatic carbocycles. The fraction of sp³-hybridized carbons (Fsp3) is 0.133. The topological polar surface area (TPSA) is 72.5 Å². The van der Waals surface area contributed by atoms with E-state index in [-0.39, 0.29) is 11.4 Å².